The Morgan fingerprint density at radius 3 is 2.67 bits per heavy atom. The SMILES string of the molecule is Cc1ccc(C(=O)N2CCCC(C(C)N)C2)cc1. The smallest absolute Gasteiger partial charge is 0.253 e. The van der Waals surface area contributed by atoms with Crippen molar-refractivity contribution in [1.29, 1.82) is 0 Å². The number of carbonyl (C=O) groups is 1. The molecule has 0 bridgehead atoms. The van der Waals surface area contributed by atoms with Gasteiger partial charge in [-0.1, -0.05) is 17.7 Å². The van der Waals surface area contributed by atoms with Crippen LogP contribution >= 0.6 is 0 Å². The fourth-order valence-corrected chi connectivity index (χ4v) is 2.50. The summed E-state index contributed by atoms with van der Waals surface area (Å²) in [5.41, 5.74) is 7.91. The first-order valence-corrected chi connectivity index (χ1v) is 6.69. The highest BCUT2D eigenvalue weighted by Gasteiger charge is 2.26. The molecule has 0 aromatic heterocycles. The summed E-state index contributed by atoms with van der Waals surface area (Å²) in [5.74, 6) is 0.577. The summed E-state index contributed by atoms with van der Waals surface area (Å²) in [6, 6.07) is 7.96. The lowest BCUT2D eigenvalue weighted by atomic mass is 9.92. The number of benzene rings is 1. The van der Waals surface area contributed by atoms with Crippen LogP contribution < -0.4 is 5.73 Å². The molecule has 3 nitrogen and oxygen atoms in total. The van der Waals surface area contributed by atoms with Crippen molar-refractivity contribution in [2.24, 2.45) is 11.7 Å². The first-order chi connectivity index (χ1) is 8.58. The molecule has 1 aliphatic rings. The number of aryl methyl sites for hydroxylation is 1. The van der Waals surface area contributed by atoms with Gasteiger partial charge in [0.1, 0.15) is 0 Å². The van der Waals surface area contributed by atoms with E-state index in [4.69, 9.17) is 5.73 Å². The largest absolute Gasteiger partial charge is 0.338 e. The summed E-state index contributed by atoms with van der Waals surface area (Å²) in [7, 11) is 0. The number of piperidine rings is 1. The summed E-state index contributed by atoms with van der Waals surface area (Å²) in [5, 5.41) is 0. The molecule has 0 radical (unpaired) electrons. The van der Waals surface area contributed by atoms with Crippen molar-refractivity contribution in [3.63, 3.8) is 0 Å². The van der Waals surface area contributed by atoms with Gasteiger partial charge in [0.25, 0.3) is 5.91 Å². The maximum absolute atomic E-state index is 12.4. The number of rotatable bonds is 2. The minimum Gasteiger partial charge on any atom is -0.338 e. The van der Waals surface area contributed by atoms with E-state index in [2.05, 4.69) is 0 Å². The van der Waals surface area contributed by atoms with E-state index in [-0.39, 0.29) is 11.9 Å². The van der Waals surface area contributed by atoms with Crippen LogP contribution in [0, 0.1) is 12.8 Å². The zero-order valence-corrected chi connectivity index (χ0v) is 11.2. The Labute approximate surface area is 109 Å². The molecule has 1 aromatic rings. The van der Waals surface area contributed by atoms with E-state index in [1.165, 1.54) is 5.56 Å². The molecule has 0 spiro atoms. The lowest BCUT2D eigenvalue weighted by molar-refractivity contribution is 0.0661. The monoisotopic (exact) mass is 246 g/mol. The zero-order valence-electron chi connectivity index (χ0n) is 11.2. The average Bonchev–Trinajstić information content (AvgIpc) is 2.39. The maximum Gasteiger partial charge on any atom is 0.253 e. The Morgan fingerprint density at radius 1 is 1.39 bits per heavy atom. The highest BCUT2D eigenvalue weighted by molar-refractivity contribution is 5.94. The fourth-order valence-electron chi connectivity index (χ4n) is 2.50. The highest BCUT2D eigenvalue weighted by Crippen LogP contribution is 2.20. The van der Waals surface area contributed by atoms with Crippen LogP contribution in [0.3, 0.4) is 0 Å². The molecule has 2 atom stereocenters. The molecule has 1 aliphatic heterocycles. The summed E-state index contributed by atoms with van der Waals surface area (Å²) in [6.07, 6.45) is 2.19. The molecule has 1 heterocycles. The van der Waals surface area contributed by atoms with Crippen LogP contribution in [0.15, 0.2) is 24.3 Å². The molecule has 1 saturated heterocycles. The Kier molecular flexibility index (Phi) is 4.02. The summed E-state index contributed by atoms with van der Waals surface area (Å²) >= 11 is 0. The van der Waals surface area contributed by atoms with Gasteiger partial charge in [-0.05, 0) is 44.7 Å². The predicted octanol–water partition coefficient (Wildman–Crippen LogP) is 2.19. The van der Waals surface area contributed by atoms with E-state index in [1.807, 2.05) is 43.0 Å². The minimum atomic E-state index is 0.139. The van der Waals surface area contributed by atoms with Gasteiger partial charge in [0, 0.05) is 24.7 Å². The van der Waals surface area contributed by atoms with Crippen LogP contribution in [-0.2, 0) is 0 Å². The fraction of sp³-hybridized carbons (Fsp3) is 0.533. The Morgan fingerprint density at radius 2 is 2.06 bits per heavy atom. The lowest BCUT2D eigenvalue weighted by Crippen LogP contribution is -2.45. The minimum absolute atomic E-state index is 0.139. The third-order valence-corrected chi connectivity index (χ3v) is 3.79. The van der Waals surface area contributed by atoms with Gasteiger partial charge in [-0.3, -0.25) is 4.79 Å². The molecular weight excluding hydrogens is 224 g/mol. The second-order valence-corrected chi connectivity index (χ2v) is 5.38. The summed E-state index contributed by atoms with van der Waals surface area (Å²) in [4.78, 5) is 14.3. The molecule has 1 aromatic carbocycles. The quantitative estimate of drug-likeness (QED) is 0.869. The van der Waals surface area contributed by atoms with E-state index in [1.54, 1.807) is 0 Å². The Hall–Kier alpha value is -1.35. The van der Waals surface area contributed by atoms with Gasteiger partial charge in [0.05, 0.1) is 0 Å². The van der Waals surface area contributed by atoms with Crippen LogP contribution in [0.25, 0.3) is 0 Å². The second-order valence-electron chi connectivity index (χ2n) is 5.38. The Balaban J connectivity index is 2.06. The normalized spacial score (nSPS) is 21.7. The van der Waals surface area contributed by atoms with Crippen molar-refractivity contribution >= 4 is 5.91 Å². The first-order valence-electron chi connectivity index (χ1n) is 6.69. The lowest BCUT2D eigenvalue weighted by Gasteiger charge is -2.34. The number of likely N-dealkylation sites (tertiary alicyclic amines) is 1. The van der Waals surface area contributed by atoms with Gasteiger partial charge in [0.2, 0.25) is 0 Å². The number of amides is 1. The number of nitrogens with zero attached hydrogens (tertiary/aromatic N) is 1. The molecule has 2 unspecified atom stereocenters. The van der Waals surface area contributed by atoms with E-state index < -0.39 is 0 Å². The summed E-state index contributed by atoms with van der Waals surface area (Å²) < 4.78 is 0. The number of hydrogen-bond donors (Lipinski definition) is 1. The molecule has 2 rings (SSSR count). The molecule has 1 amide bonds. The molecule has 1 fully saturated rings. The third-order valence-electron chi connectivity index (χ3n) is 3.79. The molecular formula is C15H22N2O. The van der Waals surface area contributed by atoms with Crippen LogP contribution in [0.1, 0.15) is 35.7 Å². The molecule has 2 N–H and O–H groups in total. The second kappa shape index (κ2) is 5.53. The van der Waals surface area contributed by atoms with Crippen LogP contribution in [-0.4, -0.2) is 29.9 Å². The van der Waals surface area contributed by atoms with E-state index >= 15 is 0 Å². The zero-order chi connectivity index (χ0) is 13.1. The van der Waals surface area contributed by atoms with Crippen LogP contribution in [0.4, 0.5) is 0 Å². The first kappa shape index (κ1) is 13.1. The van der Waals surface area contributed by atoms with Gasteiger partial charge in [-0.15, -0.1) is 0 Å². The molecule has 0 saturated carbocycles. The van der Waals surface area contributed by atoms with E-state index in [9.17, 15) is 4.79 Å². The van der Waals surface area contributed by atoms with Crippen LogP contribution in [0.2, 0.25) is 0 Å². The van der Waals surface area contributed by atoms with Gasteiger partial charge in [-0.2, -0.15) is 0 Å². The average molecular weight is 246 g/mol. The van der Waals surface area contributed by atoms with Gasteiger partial charge >= 0.3 is 0 Å². The van der Waals surface area contributed by atoms with Crippen molar-refractivity contribution in [3.8, 4) is 0 Å². The van der Waals surface area contributed by atoms with Crippen molar-refractivity contribution in [2.45, 2.75) is 32.7 Å². The van der Waals surface area contributed by atoms with Crippen molar-refractivity contribution < 1.29 is 4.79 Å². The van der Waals surface area contributed by atoms with Gasteiger partial charge < -0.3 is 10.6 Å². The van der Waals surface area contributed by atoms with Gasteiger partial charge in [0.15, 0.2) is 0 Å². The summed E-state index contributed by atoms with van der Waals surface area (Å²) in [6.45, 7) is 5.71. The van der Waals surface area contributed by atoms with E-state index in [0.717, 1.165) is 31.5 Å². The maximum atomic E-state index is 12.4. The topological polar surface area (TPSA) is 46.3 Å². The van der Waals surface area contributed by atoms with Crippen molar-refractivity contribution in [2.75, 3.05) is 13.1 Å². The van der Waals surface area contributed by atoms with E-state index in [0.29, 0.717) is 5.92 Å². The van der Waals surface area contributed by atoms with Crippen molar-refractivity contribution in [1.82, 2.24) is 4.90 Å². The predicted molar refractivity (Wildman–Crippen MR) is 73.5 cm³/mol. The molecule has 0 aliphatic carbocycles. The van der Waals surface area contributed by atoms with Crippen molar-refractivity contribution in [3.05, 3.63) is 35.4 Å². The molecule has 3 heteroatoms. The van der Waals surface area contributed by atoms with Crippen LogP contribution in [0.5, 0.6) is 0 Å². The highest BCUT2D eigenvalue weighted by atomic mass is 16.2. The molecule has 98 valence electrons. The Bertz CT molecular complexity index is 411. The van der Waals surface area contributed by atoms with Gasteiger partial charge in [-0.25, -0.2) is 0 Å². The number of hydrogen-bond acceptors (Lipinski definition) is 2. The third kappa shape index (κ3) is 2.91. The number of nitrogens with two attached hydrogens (primary N) is 1. The number of carbonyl (C=O) groups excluding carboxylic acids is 1. The molecule has 18 heavy (non-hydrogen) atoms. The standard InChI is InChI=1S/C15H22N2O/c1-11-5-7-13(8-6-11)15(18)17-9-3-4-14(10-17)12(2)16/h5-8,12,14H,3-4,9-10,16H2,1-2H3.